The third-order valence-electron chi connectivity index (χ3n) is 2.89. The predicted molar refractivity (Wildman–Crippen MR) is 74.2 cm³/mol. The number of fused-ring (bicyclic) bond motifs is 1. The number of carbonyl (C=O) groups excluding carboxylic acids is 1. The largest absolute Gasteiger partial charge is 0.298 e. The van der Waals surface area contributed by atoms with Crippen LogP contribution in [0.15, 0.2) is 42.5 Å². The van der Waals surface area contributed by atoms with Crippen LogP contribution in [0.4, 0.5) is 4.39 Å². The summed E-state index contributed by atoms with van der Waals surface area (Å²) in [6.07, 6.45) is 1.10. The van der Waals surface area contributed by atoms with E-state index < -0.39 is 5.82 Å². The van der Waals surface area contributed by atoms with E-state index in [-0.39, 0.29) is 5.56 Å². The lowest BCUT2D eigenvalue weighted by molar-refractivity contribution is 0.112. The Morgan fingerprint density at radius 2 is 2.05 bits per heavy atom. The minimum absolute atomic E-state index is 0.0908. The summed E-state index contributed by atoms with van der Waals surface area (Å²) in [5.41, 5.74) is 1.88. The second kappa shape index (κ2) is 4.90. The molecule has 3 rings (SSSR count). The maximum atomic E-state index is 13.5. The van der Waals surface area contributed by atoms with Gasteiger partial charge < -0.3 is 0 Å². The first-order valence-electron chi connectivity index (χ1n) is 5.84. The van der Waals surface area contributed by atoms with Crippen molar-refractivity contribution < 1.29 is 9.18 Å². The normalized spacial score (nSPS) is 10.8. The van der Waals surface area contributed by atoms with Gasteiger partial charge in [-0.2, -0.15) is 0 Å². The molecule has 0 unspecified atom stereocenters. The molecule has 0 radical (unpaired) electrons. The molecule has 2 nitrogen and oxygen atoms in total. The van der Waals surface area contributed by atoms with Gasteiger partial charge in [0.2, 0.25) is 0 Å². The number of carbonyl (C=O) groups is 1. The van der Waals surface area contributed by atoms with Crippen LogP contribution in [0.25, 0.3) is 10.2 Å². The van der Waals surface area contributed by atoms with Crippen LogP contribution in [0.2, 0.25) is 0 Å². The zero-order chi connectivity index (χ0) is 13.2. The highest BCUT2D eigenvalue weighted by atomic mass is 32.1. The van der Waals surface area contributed by atoms with Gasteiger partial charge in [0.05, 0.1) is 20.8 Å². The van der Waals surface area contributed by atoms with Crippen LogP contribution >= 0.6 is 11.3 Å². The van der Waals surface area contributed by atoms with Crippen molar-refractivity contribution >= 4 is 27.8 Å². The van der Waals surface area contributed by atoms with Crippen LogP contribution in [0.1, 0.15) is 20.9 Å². The second-order valence-corrected chi connectivity index (χ2v) is 5.34. The highest BCUT2D eigenvalue weighted by Crippen LogP contribution is 2.24. The van der Waals surface area contributed by atoms with Crippen molar-refractivity contribution in [1.82, 2.24) is 4.98 Å². The highest BCUT2D eigenvalue weighted by molar-refractivity contribution is 7.18. The summed E-state index contributed by atoms with van der Waals surface area (Å²) in [4.78, 5) is 15.1. The molecule has 2 aromatic carbocycles. The molecule has 0 aliphatic heterocycles. The van der Waals surface area contributed by atoms with Crippen LogP contribution in [-0.2, 0) is 6.42 Å². The van der Waals surface area contributed by atoms with Crippen LogP contribution in [0.3, 0.4) is 0 Å². The predicted octanol–water partition coefficient (Wildman–Crippen LogP) is 3.84. The first kappa shape index (κ1) is 12.0. The molecule has 0 spiro atoms. The number of para-hydroxylation sites is 1. The van der Waals surface area contributed by atoms with Crippen molar-refractivity contribution in [2.45, 2.75) is 6.42 Å². The van der Waals surface area contributed by atoms with Crippen molar-refractivity contribution in [1.29, 1.82) is 0 Å². The number of nitrogens with zero attached hydrogens (tertiary/aromatic N) is 1. The number of aromatic nitrogens is 1. The third-order valence-corrected chi connectivity index (χ3v) is 3.92. The summed E-state index contributed by atoms with van der Waals surface area (Å²) >= 11 is 1.60. The van der Waals surface area contributed by atoms with Crippen LogP contribution in [-0.4, -0.2) is 11.3 Å². The van der Waals surface area contributed by atoms with E-state index in [0.29, 0.717) is 12.7 Å². The topological polar surface area (TPSA) is 30.0 Å². The van der Waals surface area contributed by atoms with E-state index in [1.807, 2.05) is 24.3 Å². The molecule has 4 heteroatoms. The molecule has 1 aromatic heterocycles. The molecule has 0 aliphatic carbocycles. The quantitative estimate of drug-likeness (QED) is 0.677. The molecule has 0 atom stereocenters. The first-order valence-corrected chi connectivity index (χ1v) is 6.66. The minimum atomic E-state index is -0.478. The fourth-order valence-corrected chi connectivity index (χ4v) is 2.95. The fourth-order valence-electron chi connectivity index (χ4n) is 1.95. The van der Waals surface area contributed by atoms with Gasteiger partial charge in [0.25, 0.3) is 0 Å². The number of halogens is 1. The van der Waals surface area contributed by atoms with Gasteiger partial charge in [0.1, 0.15) is 5.82 Å². The molecule has 94 valence electrons. The molecule has 3 aromatic rings. The Hall–Kier alpha value is -2.07. The van der Waals surface area contributed by atoms with Gasteiger partial charge in [-0.05, 0) is 29.8 Å². The van der Waals surface area contributed by atoms with Crippen molar-refractivity contribution in [3.05, 3.63) is 64.4 Å². The average molecular weight is 271 g/mol. The van der Waals surface area contributed by atoms with Crippen LogP contribution in [0, 0.1) is 5.82 Å². The molecule has 1 heterocycles. The summed E-state index contributed by atoms with van der Waals surface area (Å²) < 4.78 is 14.6. The fraction of sp³-hybridized carbons (Fsp3) is 0.0667. The lowest BCUT2D eigenvalue weighted by Crippen LogP contribution is -1.92. The maximum Gasteiger partial charge on any atom is 0.152 e. The van der Waals surface area contributed by atoms with Crippen LogP contribution < -0.4 is 0 Å². The van der Waals surface area contributed by atoms with Gasteiger partial charge >= 0.3 is 0 Å². The summed E-state index contributed by atoms with van der Waals surface area (Å²) in [5, 5.41) is 0.944. The number of aldehydes is 1. The summed E-state index contributed by atoms with van der Waals surface area (Å²) in [5.74, 6) is -0.478. The van der Waals surface area contributed by atoms with E-state index in [1.165, 1.54) is 12.1 Å². The number of hydrogen-bond acceptors (Lipinski definition) is 3. The van der Waals surface area contributed by atoms with Crippen molar-refractivity contribution in [3.63, 3.8) is 0 Å². The zero-order valence-corrected chi connectivity index (χ0v) is 10.8. The Labute approximate surface area is 113 Å². The van der Waals surface area contributed by atoms with E-state index in [2.05, 4.69) is 4.98 Å². The molecule has 0 saturated heterocycles. The zero-order valence-electron chi connectivity index (χ0n) is 9.97. The summed E-state index contributed by atoms with van der Waals surface area (Å²) in [6.45, 7) is 0. The molecular formula is C15H10FNOS. The van der Waals surface area contributed by atoms with Gasteiger partial charge in [-0.15, -0.1) is 11.3 Å². The Kier molecular flexibility index (Phi) is 3.09. The van der Waals surface area contributed by atoms with Crippen LogP contribution in [0.5, 0.6) is 0 Å². The highest BCUT2D eigenvalue weighted by Gasteiger charge is 2.07. The van der Waals surface area contributed by atoms with Crippen molar-refractivity contribution in [2.24, 2.45) is 0 Å². The number of benzene rings is 2. The Morgan fingerprint density at radius 3 is 2.79 bits per heavy atom. The summed E-state index contributed by atoms with van der Waals surface area (Å²) in [7, 11) is 0. The van der Waals surface area contributed by atoms with E-state index in [9.17, 15) is 9.18 Å². The van der Waals surface area contributed by atoms with Gasteiger partial charge in [-0.25, -0.2) is 9.37 Å². The summed E-state index contributed by atoms with van der Waals surface area (Å²) in [6, 6.07) is 12.6. The monoisotopic (exact) mass is 271 g/mol. The molecule has 0 aliphatic rings. The lowest BCUT2D eigenvalue weighted by atomic mass is 10.1. The molecule has 0 amide bonds. The van der Waals surface area contributed by atoms with Gasteiger partial charge in [0, 0.05) is 6.42 Å². The van der Waals surface area contributed by atoms with Gasteiger partial charge in [-0.1, -0.05) is 18.2 Å². The Bertz CT molecular complexity index is 718. The number of hydrogen-bond donors (Lipinski definition) is 0. The van der Waals surface area contributed by atoms with Crippen molar-refractivity contribution in [2.75, 3.05) is 0 Å². The lowest BCUT2D eigenvalue weighted by Gasteiger charge is -2.00. The SMILES string of the molecule is O=Cc1ccc(Cc2nc3ccccc3s2)cc1F. The molecular weight excluding hydrogens is 261 g/mol. The van der Waals surface area contributed by atoms with Crippen molar-refractivity contribution in [3.8, 4) is 0 Å². The third kappa shape index (κ3) is 2.39. The Morgan fingerprint density at radius 1 is 1.21 bits per heavy atom. The average Bonchev–Trinajstić information content (AvgIpc) is 2.81. The smallest absolute Gasteiger partial charge is 0.152 e. The Balaban J connectivity index is 1.92. The standard InChI is InChI=1S/C15H10FNOS/c16-12-7-10(5-6-11(12)9-18)8-15-17-13-3-1-2-4-14(13)19-15/h1-7,9H,8H2. The molecule has 0 N–H and O–H groups in total. The molecule has 0 bridgehead atoms. The first-order chi connectivity index (χ1) is 9.26. The van der Waals surface area contributed by atoms with Gasteiger partial charge in [0.15, 0.2) is 6.29 Å². The number of thiazole rings is 1. The van der Waals surface area contributed by atoms with E-state index in [4.69, 9.17) is 0 Å². The molecule has 0 saturated carbocycles. The van der Waals surface area contributed by atoms with Gasteiger partial charge in [-0.3, -0.25) is 4.79 Å². The molecule has 19 heavy (non-hydrogen) atoms. The number of rotatable bonds is 3. The van der Waals surface area contributed by atoms with E-state index >= 15 is 0 Å². The maximum absolute atomic E-state index is 13.5. The second-order valence-electron chi connectivity index (χ2n) is 4.23. The van der Waals surface area contributed by atoms with E-state index in [0.717, 1.165) is 20.8 Å². The minimum Gasteiger partial charge on any atom is -0.298 e. The molecule has 0 fully saturated rings. The van der Waals surface area contributed by atoms with E-state index in [1.54, 1.807) is 17.4 Å².